The Balaban J connectivity index is 1.24. The van der Waals surface area contributed by atoms with E-state index < -0.39 is 19.8 Å². The Morgan fingerprint density at radius 1 is 1.12 bits per heavy atom. The lowest BCUT2D eigenvalue weighted by molar-refractivity contribution is -0.138. The van der Waals surface area contributed by atoms with Gasteiger partial charge in [0.1, 0.15) is 18.9 Å². The zero-order valence-electron chi connectivity index (χ0n) is 24.3. The lowest BCUT2D eigenvalue weighted by Crippen LogP contribution is -2.49. The predicted octanol–water partition coefficient (Wildman–Crippen LogP) is 3.63. The third-order valence-corrected chi connectivity index (χ3v) is 8.50. The maximum absolute atomic E-state index is 13.1. The minimum atomic E-state index is -4.49. The Bertz CT molecular complexity index is 1400. The molecule has 1 fully saturated rings. The van der Waals surface area contributed by atoms with Crippen LogP contribution >= 0.6 is 0 Å². The fourth-order valence-corrected chi connectivity index (χ4v) is 5.12. The molecule has 228 valence electrons. The molecule has 1 saturated heterocycles. The van der Waals surface area contributed by atoms with Gasteiger partial charge in [-0.15, -0.1) is 0 Å². The summed E-state index contributed by atoms with van der Waals surface area (Å²) in [5, 5.41) is 3.22. The van der Waals surface area contributed by atoms with E-state index in [0.717, 1.165) is 18.4 Å². The maximum atomic E-state index is 13.1. The largest absolute Gasteiger partial charge is 0.419 e. The maximum Gasteiger partial charge on any atom is 0.419 e. The molecule has 15 heteroatoms. The van der Waals surface area contributed by atoms with E-state index in [9.17, 15) is 22.8 Å². The molecule has 4 heterocycles. The van der Waals surface area contributed by atoms with Crippen molar-refractivity contribution in [1.29, 1.82) is 0 Å². The molecule has 11 nitrogen and oxygen atoms in total. The summed E-state index contributed by atoms with van der Waals surface area (Å²) < 4.78 is 47.3. The molecule has 3 aromatic heterocycles. The van der Waals surface area contributed by atoms with Crippen molar-refractivity contribution in [3.05, 3.63) is 64.7 Å². The van der Waals surface area contributed by atoms with Gasteiger partial charge in [-0.3, -0.25) is 14.2 Å². The second-order valence-electron chi connectivity index (χ2n) is 11.6. The molecule has 0 aromatic carbocycles. The van der Waals surface area contributed by atoms with Crippen molar-refractivity contribution in [2.24, 2.45) is 0 Å². The zero-order valence-corrected chi connectivity index (χ0v) is 25.3. The molecule has 0 radical (unpaired) electrons. The Morgan fingerprint density at radius 3 is 2.43 bits per heavy atom. The van der Waals surface area contributed by atoms with Crippen molar-refractivity contribution in [1.82, 2.24) is 29.0 Å². The Morgan fingerprint density at radius 2 is 1.81 bits per heavy atom. The molecule has 1 unspecified atom stereocenters. The van der Waals surface area contributed by atoms with Crippen LogP contribution in [0.25, 0.3) is 0 Å². The van der Waals surface area contributed by atoms with Gasteiger partial charge in [0, 0.05) is 84.3 Å². The number of nitrogens with zero attached hydrogens (tertiary/aromatic N) is 7. The molecule has 4 rings (SSSR count). The second-order valence-corrected chi connectivity index (χ2v) is 17.2. The summed E-state index contributed by atoms with van der Waals surface area (Å²) >= 11 is 0. The average molecular weight is 607 g/mol. The van der Waals surface area contributed by atoms with Crippen LogP contribution in [0.4, 0.5) is 24.9 Å². The van der Waals surface area contributed by atoms with Gasteiger partial charge in [0.25, 0.3) is 11.5 Å². The Kier molecular flexibility index (Phi) is 9.71. The molecule has 1 aliphatic heterocycles. The molecule has 0 bridgehead atoms. The number of alkyl halides is 3. The standard InChI is InChI=1S/C27H37F3N8O3Si/c1-20(34-23-13-24(39)38(18-33-23)19-41-11-12-42(2,3)4)16-35-6-5-21(17-35)25(40)36-7-9-37(10-8-36)26-31-14-22(15-32-26)27(28,29)30/h5-6,13-15,17-18,20,34H,7-12,16,19H2,1-4H3. The van der Waals surface area contributed by atoms with Gasteiger partial charge in [-0.2, -0.15) is 13.2 Å². The molecule has 42 heavy (non-hydrogen) atoms. The number of amides is 1. The number of hydrogen-bond acceptors (Lipinski definition) is 8. The van der Waals surface area contributed by atoms with Crippen LogP contribution in [0.1, 0.15) is 22.8 Å². The van der Waals surface area contributed by atoms with Crippen molar-refractivity contribution in [3.63, 3.8) is 0 Å². The van der Waals surface area contributed by atoms with Crippen molar-refractivity contribution in [2.75, 3.05) is 43.0 Å². The third-order valence-electron chi connectivity index (χ3n) is 6.80. The van der Waals surface area contributed by atoms with Gasteiger partial charge >= 0.3 is 6.18 Å². The summed E-state index contributed by atoms with van der Waals surface area (Å²) in [6.45, 7) is 11.7. The normalized spacial score (nSPS) is 15.1. The summed E-state index contributed by atoms with van der Waals surface area (Å²) in [6.07, 6.45) is 2.12. The minimum absolute atomic E-state index is 0.0802. The van der Waals surface area contributed by atoms with Crippen LogP contribution in [-0.2, 0) is 24.2 Å². The number of carbonyl (C=O) groups is 1. The van der Waals surface area contributed by atoms with Gasteiger partial charge in [-0.25, -0.2) is 15.0 Å². The van der Waals surface area contributed by atoms with Crippen LogP contribution in [0.15, 0.2) is 48.0 Å². The van der Waals surface area contributed by atoms with E-state index in [-0.39, 0.29) is 30.2 Å². The number of aromatic nitrogens is 5. The number of halogens is 3. The lowest BCUT2D eigenvalue weighted by atomic mass is 10.2. The summed E-state index contributed by atoms with van der Waals surface area (Å²) in [5.41, 5.74) is -0.561. The monoisotopic (exact) mass is 606 g/mol. The number of anilines is 2. The van der Waals surface area contributed by atoms with Crippen molar-refractivity contribution < 1.29 is 22.7 Å². The molecular weight excluding hydrogens is 569 g/mol. The lowest BCUT2D eigenvalue weighted by Gasteiger charge is -2.34. The summed E-state index contributed by atoms with van der Waals surface area (Å²) in [7, 11) is -1.20. The number of rotatable bonds is 11. The van der Waals surface area contributed by atoms with E-state index in [1.54, 1.807) is 22.1 Å². The minimum Gasteiger partial charge on any atom is -0.366 e. The molecule has 3 aromatic rings. The van der Waals surface area contributed by atoms with Crippen LogP contribution in [0, 0.1) is 0 Å². The van der Waals surface area contributed by atoms with Crippen molar-refractivity contribution >= 4 is 25.7 Å². The van der Waals surface area contributed by atoms with Crippen LogP contribution in [0.3, 0.4) is 0 Å². The molecule has 1 atom stereocenters. The first-order valence-electron chi connectivity index (χ1n) is 13.8. The van der Waals surface area contributed by atoms with Crippen molar-refractivity contribution in [3.8, 4) is 0 Å². The Hall–Kier alpha value is -3.72. The molecular formula is C27H37F3N8O3Si. The summed E-state index contributed by atoms with van der Waals surface area (Å²) in [6, 6.07) is 4.14. The third kappa shape index (κ3) is 8.64. The zero-order chi connectivity index (χ0) is 30.5. The highest BCUT2D eigenvalue weighted by atomic mass is 28.3. The van der Waals surface area contributed by atoms with Gasteiger partial charge in [0.05, 0.1) is 11.1 Å². The number of hydrogen-bond donors (Lipinski definition) is 1. The first-order chi connectivity index (χ1) is 19.8. The summed E-state index contributed by atoms with van der Waals surface area (Å²) in [5.74, 6) is 0.546. The highest BCUT2D eigenvalue weighted by Crippen LogP contribution is 2.28. The van der Waals surface area contributed by atoms with Gasteiger partial charge in [-0.05, 0) is 19.0 Å². The van der Waals surface area contributed by atoms with Gasteiger partial charge in [-0.1, -0.05) is 19.6 Å². The predicted molar refractivity (Wildman–Crippen MR) is 155 cm³/mol. The second kappa shape index (κ2) is 13.1. The van der Waals surface area contributed by atoms with Crippen LogP contribution in [0.2, 0.25) is 25.7 Å². The molecule has 1 aliphatic rings. The molecule has 0 saturated carbocycles. The van der Waals surface area contributed by atoms with E-state index in [2.05, 4.69) is 39.9 Å². The van der Waals surface area contributed by atoms with Gasteiger partial charge in [0.2, 0.25) is 5.95 Å². The summed E-state index contributed by atoms with van der Waals surface area (Å²) in [4.78, 5) is 41.0. The van der Waals surface area contributed by atoms with Gasteiger partial charge < -0.3 is 24.4 Å². The fraction of sp³-hybridized carbons (Fsp3) is 0.519. The van der Waals surface area contributed by atoms with E-state index >= 15 is 0 Å². The Labute approximate surface area is 243 Å². The number of piperazine rings is 1. The average Bonchev–Trinajstić information content (AvgIpc) is 3.39. The molecule has 0 aliphatic carbocycles. The van der Waals surface area contributed by atoms with E-state index in [1.165, 1.54) is 17.0 Å². The van der Waals surface area contributed by atoms with Crippen LogP contribution in [0.5, 0.6) is 0 Å². The topological polar surface area (TPSA) is 110 Å². The number of carbonyl (C=O) groups excluding carboxylic acids is 1. The molecule has 1 amide bonds. The molecule has 1 N–H and O–H groups in total. The van der Waals surface area contributed by atoms with E-state index in [0.29, 0.717) is 50.7 Å². The van der Waals surface area contributed by atoms with E-state index in [1.807, 2.05) is 17.7 Å². The highest BCUT2D eigenvalue weighted by molar-refractivity contribution is 6.76. The first kappa shape index (κ1) is 31.2. The first-order valence-corrected chi connectivity index (χ1v) is 17.5. The smallest absolute Gasteiger partial charge is 0.366 e. The number of ether oxygens (including phenoxy) is 1. The van der Waals surface area contributed by atoms with Crippen molar-refractivity contribution in [2.45, 2.75) is 58.1 Å². The van der Waals surface area contributed by atoms with Crippen LogP contribution < -0.4 is 15.8 Å². The highest BCUT2D eigenvalue weighted by Gasteiger charge is 2.32. The van der Waals surface area contributed by atoms with Crippen LogP contribution in [-0.4, -0.2) is 81.8 Å². The fourth-order valence-electron chi connectivity index (χ4n) is 4.36. The SMILES string of the molecule is CC(Cn1ccc(C(=O)N2CCN(c3ncc(C(F)(F)F)cn3)CC2)c1)Nc1cc(=O)n(COCC[Si](C)(C)C)cn1. The van der Waals surface area contributed by atoms with E-state index in [4.69, 9.17) is 4.74 Å². The molecule has 0 spiro atoms. The van der Waals surface area contributed by atoms with Gasteiger partial charge in [0.15, 0.2) is 0 Å². The number of nitrogens with one attached hydrogen (secondary N) is 1. The quantitative estimate of drug-likeness (QED) is 0.260.